The molecule has 0 radical (unpaired) electrons. The molecule has 26 heavy (non-hydrogen) atoms. The van der Waals surface area contributed by atoms with Crippen LogP contribution in [0.5, 0.6) is 11.5 Å². The molecule has 2 aromatic rings. The van der Waals surface area contributed by atoms with Crippen LogP contribution < -0.4 is 9.47 Å². The average molecular weight is 416 g/mol. The van der Waals surface area contributed by atoms with Gasteiger partial charge < -0.3 is 14.2 Å². The van der Waals surface area contributed by atoms with E-state index in [0.29, 0.717) is 23.7 Å². The number of nitrogens with zero attached hydrogens (tertiary/aromatic N) is 1. The van der Waals surface area contributed by atoms with Crippen molar-refractivity contribution in [3.05, 3.63) is 63.6 Å². The average Bonchev–Trinajstić information content (AvgIpc) is 2.66. The van der Waals surface area contributed by atoms with Crippen LogP contribution in [-0.4, -0.2) is 19.7 Å². The Balaban J connectivity index is 2.17. The van der Waals surface area contributed by atoms with Crippen molar-refractivity contribution in [2.75, 3.05) is 13.7 Å². The van der Waals surface area contributed by atoms with Crippen molar-refractivity contribution >= 4 is 28.0 Å². The molecule has 0 bridgehead atoms. The number of nitriles is 1. The summed E-state index contributed by atoms with van der Waals surface area (Å²) in [5.41, 5.74) is 1.59. The Labute approximate surface area is 160 Å². The molecule has 0 saturated carbocycles. The van der Waals surface area contributed by atoms with Crippen LogP contribution in [0.3, 0.4) is 0 Å². The molecular weight excluding hydrogens is 398 g/mol. The summed E-state index contributed by atoms with van der Waals surface area (Å²) in [5, 5.41) is 9.12. The highest BCUT2D eigenvalue weighted by Gasteiger charge is 2.11. The van der Waals surface area contributed by atoms with Gasteiger partial charge in [0.05, 0.1) is 13.7 Å². The molecule has 0 N–H and O–H groups in total. The Bertz CT molecular complexity index is 838. The normalized spacial score (nSPS) is 10.8. The molecule has 0 saturated heterocycles. The second-order valence-electron chi connectivity index (χ2n) is 5.22. The van der Waals surface area contributed by atoms with Crippen molar-refractivity contribution in [2.24, 2.45) is 0 Å². The molecule has 0 amide bonds. The first-order valence-corrected chi connectivity index (χ1v) is 8.71. The molecule has 0 fully saturated rings. The van der Waals surface area contributed by atoms with E-state index in [0.717, 1.165) is 10.0 Å². The van der Waals surface area contributed by atoms with Gasteiger partial charge in [-0.25, -0.2) is 4.79 Å². The lowest BCUT2D eigenvalue weighted by atomic mass is 10.1. The van der Waals surface area contributed by atoms with Gasteiger partial charge in [-0.1, -0.05) is 34.1 Å². The Hall–Kier alpha value is -2.78. The maximum Gasteiger partial charge on any atom is 0.348 e. The minimum absolute atomic E-state index is 0.0718. The SMILES string of the molecule is CCOC(=O)/C(C#N)=C\c1ccc(OCc2ccc(Br)cc2)c(OC)c1. The molecule has 0 heterocycles. The second kappa shape index (κ2) is 9.64. The lowest BCUT2D eigenvalue weighted by Gasteiger charge is -2.11. The third-order valence-corrected chi connectivity index (χ3v) is 3.95. The zero-order valence-electron chi connectivity index (χ0n) is 14.5. The van der Waals surface area contributed by atoms with Crippen molar-refractivity contribution < 1.29 is 19.0 Å². The van der Waals surface area contributed by atoms with Gasteiger partial charge in [0, 0.05) is 4.47 Å². The van der Waals surface area contributed by atoms with Gasteiger partial charge in [0.2, 0.25) is 0 Å². The molecule has 0 atom stereocenters. The molecule has 0 aliphatic heterocycles. The van der Waals surface area contributed by atoms with Gasteiger partial charge in [-0.2, -0.15) is 5.26 Å². The molecule has 6 heteroatoms. The summed E-state index contributed by atoms with van der Waals surface area (Å²) in [5.74, 6) is 0.434. The van der Waals surface area contributed by atoms with Crippen molar-refractivity contribution in [1.82, 2.24) is 0 Å². The largest absolute Gasteiger partial charge is 0.493 e. The summed E-state index contributed by atoms with van der Waals surface area (Å²) >= 11 is 3.40. The number of halogens is 1. The van der Waals surface area contributed by atoms with E-state index in [1.54, 1.807) is 25.1 Å². The van der Waals surface area contributed by atoms with Crippen LogP contribution in [0, 0.1) is 11.3 Å². The van der Waals surface area contributed by atoms with Gasteiger partial charge in [-0.15, -0.1) is 0 Å². The summed E-state index contributed by atoms with van der Waals surface area (Å²) in [6.07, 6.45) is 1.46. The van der Waals surface area contributed by atoms with E-state index in [4.69, 9.17) is 19.5 Å². The van der Waals surface area contributed by atoms with Crippen molar-refractivity contribution in [2.45, 2.75) is 13.5 Å². The van der Waals surface area contributed by atoms with E-state index in [-0.39, 0.29) is 12.2 Å². The zero-order chi connectivity index (χ0) is 18.9. The van der Waals surface area contributed by atoms with E-state index >= 15 is 0 Å². The van der Waals surface area contributed by atoms with Gasteiger partial charge in [-0.3, -0.25) is 0 Å². The highest BCUT2D eigenvalue weighted by Crippen LogP contribution is 2.30. The smallest absolute Gasteiger partial charge is 0.348 e. The topological polar surface area (TPSA) is 68.6 Å². The molecule has 2 aromatic carbocycles. The minimum Gasteiger partial charge on any atom is -0.493 e. The summed E-state index contributed by atoms with van der Waals surface area (Å²) in [6.45, 7) is 2.29. The highest BCUT2D eigenvalue weighted by atomic mass is 79.9. The first kappa shape index (κ1) is 19.5. The van der Waals surface area contributed by atoms with Gasteiger partial charge in [0.25, 0.3) is 0 Å². The van der Waals surface area contributed by atoms with Gasteiger partial charge in [0.1, 0.15) is 18.2 Å². The molecule has 2 rings (SSSR count). The Morgan fingerprint density at radius 3 is 2.54 bits per heavy atom. The standard InChI is InChI=1S/C20H18BrNO4/c1-3-25-20(23)16(12-22)10-15-6-9-18(19(11-15)24-2)26-13-14-4-7-17(21)8-5-14/h4-11H,3,13H2,1-2H3/b16-10-. The molecule has 5 nitrogen and oxygen atoms in total. The predicted octanol–water partition coefficient (Wildman–Crippen LogP) is 4.51. The third kappa shape index (κ3) is 5.36. The second-order valence-corrected chi connectivity index (χ2v) is 6.13. The van der Waals surface area contributed by atoms with Crippen LogP contribution >= 0.6 is 15.9 Å². The van der Waals surface area contributed by atoms with Crippen LogP contribution in [-0.2, 0) is 16.1 Å². The molecule has 0 unspecified atom stereocenters. The van der Waals surface area contributed by atoms with Crippen LogP contribution in [0.25, 0.3) is 6.08 Å². The molecule has 134 valence electrons. The van der Waals surface area contributed by atoms with Crippen LogP contribution in [0.2, 0.25) is 0 Å². The fraction of sp³-hybridized carbons (Fsp3) is 0.200. The maximum absolute atomic E-state index is 11.7. The monoisotopic (exact) mass is 415 g/mol. The lowest BCUT2D eigenvalue weighted by Crippen LogP contribution is -2.06. The fourth-order valence-corrected chi connectivity index (χ4v) is 2.41. The molecule has 0 aliphatic rings. The first-order chi connectivity index (χ1) is 12.6. The minimum atomic E-state index is -0.649. The highest BCUT2D eigenvalue weighted by molar-refractivity contribution is 9.10. The number of ether oxygens (including phenoxy) is 3. The molecule has 0 aromatic heterocycles. The molecule has 0 aliphatic carbocycles. The number of methoxy groups -OCH3 is 1. The lowest BCUT2D eigenvalue weighted by molar-refractivity contribution is -0.137. The van der Waals surface area contributed by atoms with Crippen molar-refractivity contribution in [3.63, 3.8) is 0 Å². The number of esters is 1. The summed E-state index contributed by atoms with van der Waals surface area (Å²) in [7, 11) is 1.53. The van der Waals surface area contributed by atoms with E-state index < -0.39 is 5.97 Å². The molecular formula is C20H18BrNO4. The number of hydrogen-bond acceptors (Lipinski definition) is 5. The number of hydrogen-bond donors (Lipinski definition) is 0. The first-order valence-electron chi connectivity index (χ1n) is 7.91. The van der Waals surface area contributed by atoms with Gasteiger partial charge in [0.15, 0.2) is 11.5 Å². The van der Waals surface area contributed by atoms with E-state index in [2.05, 4.69) is 15.9 Å². The summed E-state index contributed by atoms with van der Waals surface area (Å²) < 4.78 is 17.0. The van der Waals surface area contributed by atoms with E-state index in [9.17, 15) is 4.79 Å². The summed E-state index contributed by atoms with van der Waals surface area (Å²) in [4.78, 5) is 11.7. The Kier molecular flexibility index (Phi) is 7.24. The van der Waals surface area contributed by atoms with E-state index in [1.807, 2.05) is 30.3 Å². The maximum atomic E-state index is 11.7. The molecule has 0 spiro atoms. The van der Waals surface area contributed by atoms with Crippen molar-refractivity contribution in [1.29, 1.82) is 5.26 Å². The predicted molar refractivity (Wildman–Crippen MR) is 102 cm³/mol. The van der Waals surface area contributed by atoms with Gasteiger partial charge >= 0.3 is 5.97 Å². The van der Waals surface area contributed by atoms with E-state index in [1.165, 1.54) is 13.2 Å². The van der Waals surface area contributed by atoms with Crippen LogP contribution in [0.1, 0.15) is 18.1 Å². The third-order valence-electron chi connectivity index (χ3n) is 3.42. The summed E-state index contributed by atoms with van der Waals surface area (Å²) in [6, 6.07) is 14.9. The van der Waals surface area contributed by atoms with Gasteiger partial charge in [-0.05, 0) is 48.4 Å². The number of rotatable bonds is 7. The Morgan fingerprint density at radius 1 is 1.19 bits per heavy atom. The zero-order valence-corrected chi connectivity index (χ0v) is 16.1. The van der Waals surface area contributed by atoms with Crippen LogP contribution in [0.4, 0.5) is 0 Å². The fourth-order valence-electron chi connectivity index (χ4n) is 2.15. The van der Waals surface area contributed by atoms with Crippen molar-refractivity contribution in [3.8, 4) is 17.6 Å². The number of carbonyl (C=O) groups excluding carboxylic acids is 1. The Morgan fingerprint density at radius 2 is 1.92 bits per heavy atom. The number of benzene rings is 2. The number of carbonyl (C=O) groups is 1. The van der Waals surface area contributed by atoms with Crippen LogP contribution in [0.15, 0.2) is 52.5 Å². The quantitative estimate of drug-likeness (QED) is 0.378.